The second-order valence-electron chi connectivity index (χ2n) is 2.95. The van der Waals surface area contributed by atoms with Gasteiger partial charge in [0.15, 0.2) is 0 Å². The molecule has 1 saturated heterocycles. The summed E-state index contributed by atoms with van der Waals surface area (Å²) < 4.78 is 16.9. The van der Waals surface area contributed by atoms with Gasteiger partial charge in [0.05, 0.1) is 12.9 Å². The molecular formula is C9H14FNO2. The lowest BCUT2D eigenvalue weighted by Crippen LogP contribution is -2.36. The molecule has 13 heavy (non-hydrogen) atoms. The molecule has 3 nitrogen and oxygen atoms in total. The molecule has 1 rings (SSSR count). The molecular weight excluding hydrogens is 173 g/mol. The van der Waals surface area contributed by atoms with E-state index in [2.05, 4.69) is 0 Å². The number of amides is 1. The Morgan fingerprint density at radius 1 is 1.62 bits per heavy atom. The zero-order chi connectivity index (χ0) is 9.68. The van der Waals surface area contributed by atoms with E-state index >= 15 is 0 Å². The third-order valence-corrected chi connectivity index (χ3v) is 2.09. The average Bonchev–Trinajstić information content (AvgIpc) is 2.18. The van der Waals surface area contributed by atoms with Gasteiger partial charge in [-0.3, -0.25) is 0 Å². The van der Waals surface area contributed by atoms with Gasteiger partial charge in [-0.25, -0.2) is 9.18 Å². The summed E-state index contributed by atoms with van der Waals surface area (Å²) >= 11 is 0. The Morgan fingerprint density at radius 3 is 2.69 bits per heavy atom. The first kappa shape index (κ1) is 10.0. The average molecular weight is 187 g/mol. The van der Waals surface area contributed by atoms with Crippen LogP contribution in [0.2, 0.25) is 0 Å². The van der Waals surface area contributed by atoms with E-state index in [4.69, 9.17) is 4.74 Å². The second kappa shape index (κ2) is 4.84. The van der Waals surface area contributed by atoms with Crippen LogP contribution in [0.4, 0.5) is 9.18 Å². The van der Waals surface area contributed by atoms with Gasteiger partial charge in [-0.1, -0.05) is 0 Å². The molecule has 0 saturated carbocycles. The lowest BCUT2D eigenvalue weighted by atomic mass is 10.1. The highest BCUT2D eigenvalue weighted by molar-refractivity contribution is 5.67. The Hall–Kier alpha value is -1.06. The molecule has 0 aromatic rings. The monoisotopic (exact) mass is 187 g/mol. The van der Waals surface area contributed by atoms with Crippen LogP contribution in [0.1, 0.15) is 19.8 Å². The Kier molecular flexibility index (Phi) is 3.73. The predicted octanol–water partition coefficient (Wildman–Crippen LogP) is 2.09. The summed E-state index contributed by atoms with van der Waals surface area (Å²) in [5.41, 5.74) is 0.778. The van der Waals surface area contributed by atoms with E-state index < -0.39 is 0 Å². The van der Waals surface area contributed by atoms with Crippen LogP contribution in [0, 0.1) is 0 Å². The molecule has 0 bridgehead atoms. The van der Waals surface area contributed by atoms with Crippen molar-refractivity contribution in [1.82, 2.24) is 4.90 Å². The standard InChI is InChI=1S/C9H14FNO2/c1-2-13-9(12)11-5-3-8(7-10)4-6-11/h7H,2-6H2,1H3. The van der Waals surface area contributed by atoms with Crippen molar-refractivity contribution in [2.45, 2.75) is 19.8 Å². The van der Waals surface area contributed by atoms with E-state index in [1.165, 1.54) is 0 Å². The van der Waals surface area contributed by atoms with Gasteiger partial charge in [0.1, 0.15) is 0 Å². The molecule has 1 heterocycles. The number of hydrogen-bond donors (Lipinski definition) is 0. The highest BCUT2D eigenvalue weighted by atomic mass is 19.1. The van der Waals surface area contributed by atoms with Gasteiger partial charge in [0.25, 0.3) is 0 Å². The first-order chi connectivity index (χ1) is 6.27. The Morgan fingerprint density at radius 2 is 2.23 bits per heavy atom. The van der Waals surface area contributed by atoms with Crippen LogP contribution < -0.4 is 0 Å². The van der Waals surface area contributed by atoms with Crippen molar-refractivity contribution in [2.24, 2.45) is 0 Å². The summed E-state index contributed by atoms with van der Waals surface area (Å²) in [6.45, 7) is 3.29. The Balaban J connectivity index is 2.36. The number of carbonyl (C=O) groups is 1. The fourth-order valence-electron chi connectivity index (χ4n) is 1.30. The summed E-state index contributed by atoms with van der Waals surface area (Å²) in [6.07, 6.45) is 1.59. The van der Waals surface area contributed by atoms with Crippen LogP contribution in [0.25, 0.3) is 0 Å². The van der Waals surface area contributed by atoms with E-state index in [0.29, 0.717) is 38.9 Å². The minimum absolute atomic E-state index is 0.291. The van der Waals surface area contributed by atoms with Crippen LogP contribution in [0.3, 0.4) is 0 Å². The molecule has 1 aliphatic heterocycles. The summed E-state index contributed by atoms with van der Waals surface area (Å²) in [4.78, 5) is 12.8. The largest absolute Gasteiger partial charge is 0.450 e. The summed E-state index contributed by atoms with van der Waals surface area (Å²) in [6, 6.07) is 0. The van der Waals surface area contributed by atoms with Crippen molar-refractivity contribution in [3.05, 3.63) is 11.9 Å². The lowest BCUT2D eigenvalue weighted by Gasteiger charge is -2.26. The van der Waals surface area contributed by atoms with Crippen LogP contribution in [-0.4, -0.2) is 30.7 Å². The number of rotatable bonds is 1. The summed E-state index contributed by atoms with van der Waals surface area (Å²) in [7, 11) is 0. The molecule has 0 spiro atoms. The molecule has 1 fully saturated rings. The molecule has 4 heteroatoms. The maximum atomic E-state index is 12.1. The Labute approximate surface area is 77.2 Å². The molecule has 0 radical (unpaired) electrons. The van der Waals surface area contributed by atoms with Gasteiger partial charge in [0, 0.05) is 13.1 Å². The summed E-state index contributed by atoms with van der Waals surface area (Å²) in [5, 5.41) is 0. The highest BCUT2D eigenvalue weighted by Gasteiger charge is 2.19. The van der Waals surface area contributed by atoms with Crippen molar-refractivity contribution in [3.63, 3.8) is 0 Å². The highest BCUT2D eigenvalue weighted by Crippen LogP contribution is 2.16. The molecule has 1 aliphatic rings. The van der Waals surface area contributed by atoms with Crippen LogP contribution in [0.15, 0.2) is 11.9 Å². The number of ether oxygens (including phenoxy) is 1. The maximum Gasteiger partial charge on any atom is 0.409 e. The first-order valence-electron chi connectivity index (χ1n) is 4.47. The van der Waals surface area contributed by atoms with Gasteiger partial charge in [-0.05, 0) is 25.3 Å². The lowest BCUT2D eigenvalue weighted by molar-refractivity contribution is 0.104. The fraction of sp³-hybridized carbons (Fsp3) is 0.667. The number of carbonyl (C=O) groups excluding carboxylic acids is 1. The van der Waals surface area contributed by atoms with Crippen LogP contribution >= 0.6 is 0 Å². The second-order valence-corrected chi connectivity index (χ2v) is 2.95. The molecule has 0 aromatic carbocycles. The number of nitrogens with zero attached hydrogens (tertiary/aromatic N) is 1. The maximum absolute atomic E-state index is 12.1. The van der Waals surface area contributed by atoms with Gasteiger partial charge >= 0.3 is 6.09 Å². The Bertz CT molecular complexity index is 206. The molecule has 0 aromatic heterocycles. The summed E-state index contributed by atoms with van der Waals surface area (Å²) in [5.74, 6) is 0. The molecule has 0 N–H and O–H groups in total. The van der Waals surface area contributed by atoms with Crippen LogP contribution in [0.5, 0.6) is 0 Å². The molecule has 1 amide bonds. The zero-order valence-electron chi connectivity index (χ0n) is 7.75. The molecule has 0 atom stereocenters. The predicted molar refractivity (Wildman–Crippen MR) is 47.0 cm³/mol. The first-order valence-corrected chi connectivity index (χ1v) is 4.47. The SMILES string of the molecule is CCOC(=O)N1CCC(=CF)CC1. The molecule has 0 aliphatic carbocycles. The minimum atomic E-state index is -0.291. The third kappa shape index (κ3) is 2.72. The zero-order valence-corrected chi connectivity index (χ0v) is 7.75. The molecule has 0 unspecified atom stereocenters. The van der Waals surface area contributed by atoms with Gasteiger partial charge in [-0.2, -0.15) is 0 Å². The normalized spacial score (nSPS) is 17.1. The number of hydrogen-bond acceptors (Lipinski definition) is 2. The topological polar surface area (TPSA) is 29.5 Å². The fourth-order valence-corrected chi connectivity index (χ4v) is 1.30. The van der Waals surface area contributed by atoms with Crippen molar-refractivity contribution >= 4 is 6.09 Å². The van der Waals surface area contributed by atoms with Gasteiger partial charge < -0.3 is 9.64 Å². The van der Waals surface area contributed by atoms with E-state index in [1.807, 2.05) is 0 Å². The third-order valence-electron chi connectivity index (χ3n) is 2.09. The van der Waals surface area contributed by atoms with E-state index in [-0.39, 0.29) is 6.09 Å². The van der Waals surface area contributed by atoms with Crippen molar-refractivity contribution in [2.75, 3.05) is 19.7 Å². The van der Waals surface area contributed by atoms with Crippen molar-refractivity contribution in [1.29, 1.82) is 0 Å². The molecule has 74 valence electrons. The van der Waals surface area contributed by atoms with Gasteiger partial charge in [-0.15, -0.1) is 0 Å². The number of piperidine rings is 1. The van der Waals surface area contributed by atoms with E-state index in [9.17, 15) is 9.18 Å². The quantitative estimate of drug-likeness (QED) is 0.629. The van der Waals surface area contributed by atoms with Crippen molar-refractivity contribution < 1.29 is 13.9 Å². The van der Waals surface area contributed by atoms with E-state index in [1.54, 1.807) is 11.8 Å². The van der Waals surface area contributed by atoms with Crippen molar-refractivity contribution in [3.8, 4) is 0 Å². The van der Waals surface area contributed by atoms with Gasteiger partial charge in [0.2, 0.25) is 0 Å². The van der Waals surface area contributed by atoms with E-state index in [0.717, 1.165) is 5.57 Å². The smallest absolute Gasteiger partial charge is 0.409 e. The minimum Gasteiger partial charge on any atom is -0.450 e. The number of likely N-dealkylation sites (tertiary alicyclic amines) is 1. The van der Waals surface area contributed by atoms with Crippen LogP contribution in [-0.2, 0) is 4.74 Å². The number of halogens is 1.